The lowest BCUT2D eigenvalue weighted by atomic mass is 10.1. The number of hydrogen-bond acceptors (Lipinski definition) is 5. The highest BCUT2D eigenvalue weighted by Gasteiger charge is 2.33. The lowest BCUT2D eigenvalue weighted by molar-refractivity contribution is -0.139. The molecule has 1 fully saturated rings. The molecule has 9 heteroatoms. The molecule has 3 aromatic rings. The number of benzene rings is 3. The number of carbonyl (C=O) groups is 2. The van der Waals surface area contributed by atoms with E-state index >= 15 is 0 Å². The highest BCUT2D eigenvalue weighted by molar-refractivity contribution is 7.92. The molecule has 0 radical (unpaired) electrons. The number of ether oxygens (including phenoxy) is 1. The Bertz CT molecular complexity index is 1470. The van der Waals surface area contributed by atoms with Crippen molar-refractivity contribution >= 4 is 27.5 Å². The van der Waals surface area contributed by atoms with Gasteiger partial charge in [-0.25, -0.2) is 8.42 Å². The van der Waals surface area contributed by atoms with Gasteiger partial charge in [-0.2, -0.15) is 0 Å². The van der Waals surface area contributed by atoms with E-state index in [0.717, 1.165) is 46.7 Å². The second kappa shape index (κ2) is 13.2. The fourth-order valence-electron chi connectivity index (χ4n) is 5.11. The maximum absolute atomic E-state index is 14.1. The first-order valence-corrected chi connectivity index (χ1v) is 15.4. The largest absolute Gasteiger partial charge is 0.497 e. The van der Waals surface area contributed by atoms with Gasteiger partial charge in [0.05, 0.1) is 17.7 Å². The van der Waals surface area contributed by atoms with Crippen LogP contribution in [-0.4, -0.2) is 50.9 Å². The number of aryl methyl sites for hydroxylation is 2. The predicted molar refractivity (Wildman–Crippen MR) is 160 cm³/mol. The van der Waals surface area contributed by atoms with Crippen molar-refractivity contribution in [2.75, 3.05) is 18.0 Å². The summed E-state index contributed by atoms with van der Waals surface area (Å²) in [5.74, 6) is -0.272. The van der Waals surface area contributed by atoms with Crippen LogP contribution < -0.4 is 14.4 Å². The Morgan fingerprint density at radius 1 is 0.951 bits per heavy atom. The topological polar surface area (TPSA) is 96.0 Å². The van der Waals surface area contributed by atoms with Gasteiger partial charge in [0.15, 0.2) is 0 Å². The van der Waals surface area contributed by atoms with Crippen LogP contribution in [0, 0.1) is 13.8 Å². The number of nitrogens with one attached hydrogen (secondary N) is 1. The highest BCUT2D eigenvalue weighted by atomic mass is 32.2. The first kappa shape index (κ1) is 30.1. The van der Waals surface area contributed by atoms with Crippen molar-refractivity contribution < 1.29 is 22.7 Å². The van der Waals surface area contributed by atoms with Gasteiger partial charge in [0.2, 0.25) is 11.8 Å². The van der Waals surface area contributed by atoms with Crippen molar-refractivity contribution in [3.63, 3.8) is 0 Å². The Balaban J connectivity index is 1.70. The van der Waals surface area contributed by atoms with Gasteiger partial charge in [0, 0.05) is 18.7 Å². The highest BCUT2D eigenvalue weighted by Crippen LogP contribution is 2.28. The Kier molecular flexibility index (Phi) is 9.70. The summed E-state index contributed by atoms with van der Waals surface area (Å²) < 4.78 is 34.4. The van der Waals surface area contributed by atoms with E-state index in [1.54, 1.807) is 43.3 Å². The molecule has 41 heavy (non-hydrogen) atoms. The molecule has 0 spiro atoms. The fraction of sp³-hybridized carbons (Fsp3) is 0.375. The predicted octanol–water partition coefficient (Wildman–Crippen LogP) is 4.98. The molecule has 0 heterocycles. The van der Waals surface area contributed by atoms with Gasteiger partial charge in [-0.05, 0) is 63.4 Å². The van der Waals surface area contributed by atoms with Crippen LogP contribution in [0.2, 0.25) is 0 Å². The van der Waals surface area contributed by atoms with Crippen LogP contribution in [0.1, 0.15) is 49.3 Å². The molecular formula is C32H39N3O5S. The van der Waals surface area contributed by atoms with E-state index in [1.807, 2.05) is 38.1 Å². The molecule has 0 aromatic heterocycles. The molecule has 0 saturated heterocycles. The summed E-state index contributed by atoms with van der Waals surface area (Å²) in [6, 6.07) is 20.1. The maximum Gasteiger partial charge on any atom is 0.264 e. The van der Waals surface area contributed by atoms with E-state index < -0.39 is 28.5 Å². The molecule has 0 bridgehead atoms. The zero-order valence-corrected chi connectivity index (χ0v) is 25.0. The van der Waals surface area contributed by atoms with Crippen LogP contribution in [-0.2, 0) is 26.2 Å². The van der Waals surface area contributed by atoms with Gasteiger partial charge < -0.3 is 15.0 Å². The minimum atomic E-state index is -4.14. The summed E-state index contributed by atoms with van der Waals surface area (Å²) in [6.07, 6.45) is 3.97. The Morgan fingerprint density at radius 2 is 1.63 bits per heavy atom. The Labute approximate surface area is 243 Å². The Morgan fingerprint density at radius 3 is 2.29 bits per heavy atom. The normalized spacial score (nSPS) is 14.3. The third-order valence-corrected chi connectivity index (χ3v) is 9.32. The van der Waals surface area contributed by atoms with Crippen LogP contribution >= 0.6 is 0 Å². The summed E-state index contributed by atoms with van der Waals surface area (Å²) in [4.78, 5) is 29.0. The molecule has 1 N–H and O–H groups in total. The molecule has 8 nitrogen and oxygen atoms in total. The molecule has 4 rings (SSSR count). The van der Waals surface area contributed by atoms with Gasteiger partial charge in [0.25, 0.3) is 10.0 Å². The number of methoxy groups -OCH3 is 1. The average molecular weight is 578 g/mol. The minimum Gasteiger partial charge on any atom is -0.497 e. The molecular weight excluding hydrogens is 538 g/mol. The minimum absolute atomic E-state index is 0.0657. The molecule has 1 aliphatic rings. The van der Waals surface area contributed by atoms with E-state index in [4.69, 9.17) is 4.74 Å². The van der Waals surface area contributed by atoms with Crippen LogP contribution in [0.4, 0.5) is 5.69 Å². The van der Waals surface area contributed by atoms with E-state index in [-0.39, 0.29) is 29.1 Å². The number of rotatable bonds is 11. The van der Waals surface area contributed by atoms with Crippen LogP contribution in [0.5, 0.6) is 5.75 Å². The Hall–Kier alpha value is -3.85. The summed E-state index contributed by atoms with van der Waals surface area (Å²) in [5, 5.41) is 3.09. The molecule has 1 atom stereocenters. The van der Waals surface area contributed by atoms with Gasteiger partial charge in [-0.3, -0.25) is 13.9 Å². The van der Waals surface area contributed by atoms with Crippen molar-refractivity contribution in [1.29, 1.82) is 0 Å². The summed E-state index contributed by atoms with van der Waals surface area (Å²) in [5.41, 5.74) is 3.09. The lowest BCUT2D eigenvalue weighted by Crippen LogP contribution is -2.52. The number of anilines is 1. The van der Waals surface area contributed by atoms with E-state index in [0.29, 0.717) is 5.75 Å². The number of amides is 2. The second-order valence-electron chi connectivity index (χ2n) is 10.7. The van der Waals surface area contributed by atoms with E-state index in [1.165, 1.54) is 24.1 Å². The zero-order valence-electron chi connectivity index (χ0n) is 24.2. The number of hydrogen-bond donors (Lipinski definition) is 1. The zero-order chi connectivity index (χ0) is 29.6. The number of sulfonamides is 1. The number of carbonyl (C=O) groups excluding carboxylic acids is 2. The smallest absolute Gasteiger partial charge is 0.264 e. The van der Waals surface area contributed by atoms with Crippen LogP contribution in [0.3, 0.4) is 0 Å². The van der Waals surface area contributed by atoms with Gasteiger partial charge in [-0.1, -0.05) is 66.4 Å². The summed E-state index contributed by atoms with van der Waals surface area (Å²) >= 11 is 0. The number of nitrogens with zero attached hydrogens (tertiary/aromatic N) is 2. The third-order valence-electron chi connectivity index (χ3n) is 7.53. The average Bonchev–Trinajstić information content (AvgIpc) is 3.47. The summed E-state index contributed by atoms with van der Waals surface area (Å²) in [6.45, 7) is 5.21. The second-order valence-corrected chi connectivity index (χ2v) is 12.6. The molecule has 218 valence electrons. The molecule has 0 aliphatic heterocycles. The fourth-order valence-corrected chi connectivity index (χ4v) is 6.52. The van der Waals surface area contributed by atoms with Crippen molar-refractivity contribution in [2.45, 2.75) is 70.0 Å². The lowest BCUT2D eigenvalue weighted by Gasteiger charge is -2.32. The van der Waals surface area contributed by atoms with E-state index in [9.17, 15) is 18.0 Å². The third kappa shape index (κ3) is 7.47. The van der Waals surface area contributed by atoms with Crippen molar-refractivity contribution in [2.24, 2.45) is 0 Å². The van der Waals surface area contributed by atoms with Crippen LogP contribution in [0.15, 0.2) is 77.7 Å². The SMILES string of the molecule is COc1cccc(N(CC(=O)N(Cc2cccc(C)c2)C(C)C(=O)NC2CCCC2)S(=O)(=O)c2ccc(C)cc2)c1. The van der Waals surface area contributed by atoms with Gasteiger partial charge >= 0.3 is 0 Å². The molecule has 1 aliphatic carbocycles. The van der Waals surface area contributed by atoms with Crippen molar-refractivity contribution in [3.05, 3.63) is 89.5 Å². The molecule has 1 unspecified atom stereocenters. The van der Waals surface area contributed by atoms with E-state index in [2.05, 4.69) is 5.32 Å². The van der Waals surface area contributed by atoms with Gasteiger partial charge in [-0.15, -0.1) is 0 Å². The van der Waals surface area contributed by atoms with Gasteiger partial charge in [0.1, 0.15) is 18.3 Å². The maximum atomic E-state index is 14.1. The first-order valence-electron chi connectivity index (χ1n) is 14.0. The molecule has 2 amide bonds. The van der Waals surface area contributed by atoms with Crippen LogP contribution in [0.25, 0.3) is 0 Å². The first-order chi connectivity index (χ1) is 19.6. The molecule has 3 aromatic carbocycles. The summed E-state index contributed by atoms with van der Waals surface area (Å²) in [7, 11) is -2.64. The van der Waals surface area contributed by atoms with Crippen molar-refractivity contribution in [3.8, 4) is 5.75 Å². The quantitative estimate of drug-likeness (QED) is 0.347. The monoisotopic (exact) mass is 577 g/mol. The standard InChI is InChI=1S/C32H39N3O5S/c1-23-15-17-30(18-16-23)41(38,39)35(28-13-8-14-29(20-28)40-4)22-31(36)34(21-26-10-7-9-24(2)19-26)25(3)32(37)33-27-11-5-6-12-27/h7-10,13-20,25,27H,5-6,11-12,21-22H2,1-4H3,(H,33,37). The van der Waals surface area contributed by atoms with Crippen molar-refractivity contribution in [1.82, 2.24) is 10.2 Å². The molecule has 1 saturated carbocycles.